The number of para-hydroxylation sites is 3. The smallest absolute Gasteiger partial charge is 0.223 e. The Hall–Kier alpha value is -4.35. The van der Waals surface area contributed by atoms with Crippen LogP contribution in [0.3, 0.4) is 0 Å². The molecule has 8 heteroatoms. The zero-order chi connectivity index (χ0) is 25.2. The number of nitrogens with zero attached hydrogens (tertiary/aromatic N) is 6. The first-order chi connectivity index (χ1) is 18.2. The molecule has 0 bridgehead atoms. The number of aromatic nitrogens is 6. The summed E-state index contributed by atoms with van der Waals surface area (Å²) in [5, 5.41) is 2.24. The summed E-state index contributed by atoms with van der Waals surface area (Å²) in [6.07, 6.45) is 6.64. The van der Waals surface area contributed by atoms with Crippen LogP contribution in [-0.2, 0) is 35.2 Å². The van der Waals surface area contributed by atoms with E-state index in [2.05, 4.69) is 56.2 Å². The Bertz CT molecular complexity index is 1760. The molecule has 190 valence electrons. The van der Waals surface area contributed by atoms with Crippen molar-refractivity contribution in [1.29, 1.82) is 0 Å². The third kappa shape index (κ3) is 4.81. The van der Waals surface area contributed by atoms with Crippen LogP contribution in [0.1, 0.15) is 0 Å². The second kappa shape index (κ2) is 10.9. The van der Waals surface area contributed by atoms with Crippen LogP contribution in [0.4, 0.5) is 0 Å². The second-order valence-electron chi connectivity index (χ2n) is 8.54. The van der Waals surface area contributed by atoms with Crippen LogP contribution in [0.2, 0.25) is 0 Å². The van der Waals surface area contributed by atoms with Gasteiger partial charge in [0.1, 0.15) is 11.5 Å². The van der Waals surface area contributed by atoms with Gasteiger partial charge in [0.15, 0.2) is 0 Å². The Morgan fingerprint density at radius 3 is 2.24 bits per heavy atom. The maximum atomic E-state index is 5.79. The van der Waals surface area contributed by atoms with E-state index in [-0.39, 0.29) is 21.1 Å². The van der Waals surface area contributed by atoms with E-state index >= 15 is 0 Å². The molecule has 2 aromatic carbocycles. The van der Waals surface area contributed by atoms with Crippen molar-refractivity contribution in [3.8, 4) is 17.6 Å². The summed E-state index contributed by atoms with van der Waals surface area (Å²) < 4.78 is 11.8. The van der Waals surface area contributed by atoms with Crippen LogP contribution in [0.15, 0.2) is 109 Å². The standard InChI is InChI=1S/C21H14N4O.C9H10N2.Pt/c1-2-9-17-15(7-1)16-8-6-14-23-21(16)25(17)18-10-5-12-20(24-18)26-19-11-3-4-13-22-19;1-10-7-11(2)9-6-4-3-5-8(9)10;/h1-14H;3-6H,1-2H3;. The van der Waals surface area contributed by atoms with Crippen molar-refractivity contribution in [1.82, 2.24) is 24.1 Å². The van der Waals surface area contributed by atoms with Crippen molar-refractivity contribution in [2.45, 2.75) is 0 Å². The largest absolute Gasteiger partial charge is 0.421 e. The molecule has 0 radical (unpaired) electrons. The minimum atomic E-state index is 0. The zero-order valence-corrected chi connectivity index (χ0v) is 23.1. The maximum Gasteiger partial charge on any atom is 0.223 e. The van der Waals surface area contributed by atoms with Crippen molar-refractivity contribution in [3.05, 3.63) is 116 Å². The number of benzene rings is 2. The minimum absolute atomic E-state index is 0. The number of hydrogen-bond acceptors (Lipinski definition) is 4. The Morgan fingerprint density at radius 1 is 0.711 bits per heavy atom. The fourth-order valence-electron chi connectivity index (χ4n) is 4.49. The van der Waals surface area contributed by atoms with Gasteiger partial charge in [0.25, 0.3) is 0 Å². The monoisotopic (exact) mass is 679 g/mol. The topological polar surface area (TPSA) is 61.6 Å². The summed E-state index contributed by atoms with van der Waals surface area (Å²) in [4.78, 5) is 13.4. The predicted octanol–water partition coefficient (Wildman–Crippen LogP) is 5.56. The molecule has 0 unspecified atom stereocenters. The quantitative estimate of drug-likeness (QED) is 0.181. The van der Waals surface area contributed by atoms with Gasteiger partial charge < -0.3 is 13.9 Å². The molecule has 5 heterocycles. The minimum Gasteiger partial charge on any atom is -0.421 e. The van der Waals surface area contributed by atoms with Gasteiger partial charge in [-0.2, -0.15) is 4.98 Å². The van der Waals surface area contributed by atoms with Gasteiger partial charge in [0.05, 0.1) is 19.6 Å². The van der Waals surface area contributed by atoms with Crippen LogP contribution in [0.25, 0.3) is 38.8 Å². The van der Waals surface area contributed by atoms with Crippen LogP contribution < -0.4 is 9.30 Å². The SMILES string of the molecule is Cn1[c-][n+](C)c2ccccc21.[Pt].c1ccc(Oc2cccc(-n3c4ccccc4c4cccnc43)n2)nc1. The van der Waals surface area contributed by atoms with Crippen LogP contribution in [-0.4, -0.2) is 24.1 Å². The molecule has 0 atom stereocenters. The molecule has 7 aromatic rings. The Labute approximate surface area is 234 Å². The van der Waals surface area contributed by atoms with Crippen LogP contribution >= 0.6 is 0 Å². The van der Waals surface area contributed by atoms with Gasteiger partial charge in [-0.15, -0.1) is 0 Å². The molecule has 0 saturated heterocycles. The van der Waals surface area contributed by atoms with E-state index < -0.39 is 0 Å². The summed E-state index contributed by atoms with van der Waals surface area (Å²) in [5.41, 5.74) is 4.37. The van der Waals surface area contributed by atoms with Gasteiger partial charge in [-0.25, -0.2) is 9.97 Å². The number of fused-ring (bicyclic) bond motifs is 4. The molecular weight excluding hydrogens is 655 g/mol. The molecule has 38 heavy (non-hydrogen) atoms. The summed E-state index contributed by atoms with van der Waals surface area (Å²) in [5.74, 6) is 1.75. The Balaban J connectivity index is 0.000000206. The normalized spacial score (nSPS) is 10.7. The number of hydrogen-bond donors (Lipinski definition) is 0. The van der Waals surface area contributed by atoms with Crippen LogP contribution in [0.5, 0.6) is 11.8 Å². The number of ether oxygens (including phenoxy) is 1. The van der Waals surface area contributed by atoms with Crippen molar-refractivity contribution >= 4 is 33.0 Å². The van der Waals surface area contributed by atoms with E-state index in [0.717, 1.165) is 27.8 Å². The number of rotatable bonds is 3. The third-order valence-corrected chi connectivity index (χ3v) is 6.12. The average molecular weight is 680 g/mol. The zero-order valence-electron chi connectivity index (χ0n) is 20.8. The van der Waals surface area contributed by atoms with E-state index in [9.17, 15) is 0 Å². The first-order valence-electron chi connectivity index (χ1n) is 11.9. The molecule has 0 aliphatic heterocycles. The van der Waals surface area contributed by atoms with Crippen molar-refractivity contribution in [3.63, 3.8) is 0 Å². The van der Waals surface area contributed by atoms with E-state index in [1.807, 2.05) is 83.9 Å². The molecule has 0 aliphatic rings. The fourth-order valence-corrected chi connectivity index (χ4v) is 4.49. The first-order valence-corrected chi connectivity index (χ1v) is 11.9. The summed E-state index contributed by atoms with van der Waals surface area (Å²) in [6.45, 7) is 0. The van der Waals surface area contributed by atoms with Gasteiger partial charge in [0.2, 0.25) is 18.1 Å². The molecule has 0 amide bonds. The van der Waals surface area contributed by atoms with Crippen molar-refractivity contribution in [2.75, 3.05) is 0 Å². The molecular formula is C30H24N6OPt. The molecule has 0 N–H and O–H groups in total. The van der Waals surface area contributed by atoms with Gasteiger partial charge in [0, 0.05) is 67.4 Å². The van der Waals surface area contributed by atoms with Gasteiger partial charge >= 0.3 is 0 Å². The number of imidazole rings is 1. The van der Waals surface area contributed by atoms with Gasteiger partial charge in [-0.1, -0.05) is 54.6 Å². The predicted molar refractivity (Wildman–Crippen MR) is 144 cm³/mol. The van der Waals surface area contributed by atoms with E-state index in [4.69, 9.17) is 4.74 Å². The molecule has 0 saturated carbocycles. The maximum absolute atomic E-state index is 5.79. The molecule has 0 fully saturated rings. The number of aryl methyl sites for hydroxylation is 2. The van der Waals surface area contributed by atoms with Crippen molar-refractivity contribution in [2.24, 2.45) is 14.1 Å². The average Bonchev–Trinajstić information content (AvgIpc) is 3.43. The summed E-state index contributed by atoms with van der Waals surface area (Å²) >= 11 is 0. The third-order valence-electron chi connectivity index (χ3n) is 6.12. The first kappa shape index (κ1) is 25.3. The van der Waals surface area contributed by atoms with E-state index in [1.165, 1.54) is 11.0 Å². The van der Waals surface area contributed by atoms with E-state index in [1.54, 1.807) is 18.5 Å². The second-order valence-corrected chi connectivity index (χ2v) is 8.54. The van der Waals surface area contributed by atoms with Gasteiger partial charge in [-0.3, -0.25) is 4.57 Å². The molecule has 7 rings (SSSR count). The Kier molecular flexibility index (Phi) is 7.29. The van der Waals surface area contributed by atoms with E-state index in [0.29, 0.717) is 11.8 Å². The molecule has 7 nitrogen and oxygen atoms in total. The summed E-state index contributed by atoms with van der Waals surface area (Å²) in [6, 6.07) is 31.7. The molecule has 0 spiro atoms. The van der Waals surface area contributed by atoms with Crippen molar-refractivity contribution < 1.29 is 30.4 Å². The number of pyridine rings is 3. The molecule has 5 aromatic heterocycles. The van der Waals surface area contributed by atoms with Gasteiger partial charge in [-0.05, 0) is 30.3 Å². The summed E-state index contributed by atoms with van der Waals surface area (Å²) in [7, 11) is 4.00. The molecule has 0 aliphatic carbocycles. The fraction of sp³-hybridized carbons (Fsp3) is 0.0667. The van der Waals surface area contributed by atoms with Crippen LogP contribution in [0, 0.1) is 6.33 Å². The Morgan fingerprint density at radius 2 is 1.42 bits per heavy atom.